The summed E-state index contributed by atoms with van der Waals surface area (Å²) in [7, 11) is 0. The Bertz CT molecular complexity index is 496. The van der Waals surface area contributed by atoms with E-state index in [9.17, 15) is 4.79 Å². The van der Waals surface area contributed by atoms with E-state index in [1.54, 1.807) is 27.7 Å². The van der Waals surface area contributed by atoms with Crippen molar-refractivity contribution in [3.05, 3.63) is 22.9 Å². The van der Waals surface area contributed by atoms with Gasteiger partial charge >= 0.3 is 6.03 Å². The van der Waals surface area contributed by atoms with Crippen molar-refractivity contribution in [3.8, 4) is 0 Å². The quantitative estimate of drug-likeness (QED) is 0.854. The maximum Gasteiger partial charge on any atom is 0.323 e. The molecular formula is C11H14N4O3. The molecular weight excluding hydrogens is 236 g/mol. The van der Waals surface area contributed by atoms with Gasteiger partial charge in [0.05, 0.1) is 0 Å². The Morgan fingerprint density at radius 2 is 1.28 bits per heavy atom. The number of aromatic nitrogens is 2. The highest BCUT2D eigenvalue weighted by atomic mass is 16.5. The summed E-state index contributed by atoms with van der Waals surface area (Å²) in [6.07, 6.45) is 0. The van der Waals surface area contributed by atoms with Crippen molar-refractivity contribution in [1.29, 1.82) is 0 Å². The van der Waals surface area contributed by atoms with Crippen molar-refractivity contribution in [3.63, 3.8) is 0 Å². The van der Waals surface area contributed by atoms with Crippen LogP contribution in [0.3, 0.4) is 0 Å². The molecule has 0 aliphatic rings. The van der Waals surface area contributed by atoms with Gasteiger partial charge in [-0.25, -0.2) is 4.79 Å². The largest absolute Gasteiger partial charge is 0.359 e. The van der Waals surface area contributed by atoms with E-state index in [1.807, 2.05) is 0 Å². The lowest BCUT2D eigenvalue weighted by molar-refractivity contribution is 0.262. The molecule has 7 nitrogen and oxygen atoms in total. The number of urea groups is 1. The summed E-state index contributed by atoms with van der Waals surface area (Å²) in [6.45, 7) is 6.96. The fourth-order valence-corrected chi connectivity index (χ4v) is 1.58. The third kappa shape index (κ3) is 2.20. The lowest BCUT2D eigenvalue weighted by atomic mass is 10.3. The molecule has 0 fully saturated rings. The molecule has 2 aromatic heterocycles. The number of hydrogen-bond acceptors (Lipinski definition) is 5. The van der Waals surface area contributed by atoms with E-state index in [0.29, 0.717) is 34.3 Å². The molecule has 0 aliphatic heterocycles. The normalized spacial score (nSPS) is 10.4. The van der Waals surface area contributed by atoms with Gasteiger partial charge in [0.1, 0.15) is 22.8 Å². The zero-order valence-electron chi connectivity index (χ0n) is 10.6. The van der Waals surface area contributed by atoms with E-state index >= 15 is 0 Å². The molecule has 0 unspecified atom stereocenters. The number of carbonyl (C=O) groups excluding carboxylic acids is 1. The first-order valence-corrected chi connectivity index (χ1v) is 5.42. The molecule has 0 aliphatic carbocycles. The van der Waals surface area contributed by atoms with Crippen LogP contribution < -0.4 is 10.6 Å². The van der Waals surface area contributed by atoms with E-state index in [-0.39, 0.29) is 6.03 Å². The van der Waals surface area contributed by atoms with E-state index in [4.69, 9.17) is 9.05 Å². The summed E-state index contributed by atoms with van der Waals surface area (Å²) in [5.74, 6) is 1.11. The van der Waals surface area contributed by atoms with E-state index in [0.717, 1.165) is 0 Å². The van der Waals surface area contributed by atoms with Crippen LogP contribution in [0.4, 0.5) is 16.2 Å². The number of carbonyl (C=O) groups is 1. The maximum atomic E-state index is 11.8. The van der Waals surface area contributed by atoms with Crippen LogP contribution in [0.5, 0.6) is 0 Å². The Morgan fingerprint density at radius 1 is 0.889 bits per heavy atom. The lowest BCUT2D eigenvalue weighted by Gasteiger charge is -2.06. The molecule has 7 heteroatoms. The molecule has 0 saturated carbocycles. The van der Waals surface area contributed by atoms with Crippen LogP contribution in [0.1, 0.15) is 22.9 Å². The van der Waals surface area contributed by atoms with Crippen molar-refractivity contribution < 1.29 is 13.8 Å². The summed E-state index contributed by atoms with van der Waals surface area (Å²) in [5, 5.41) is 12.9. The summed E-state index contributed by atoms with van der Waals surface area (Å²) < 4.78 is 9.91. The van der Waals surface area contributed by atoms with Crippen molar-refractivity contribution >= 4 is 17.4 Å². The number of nitrogens with zero attached hydrogens (tertiary/aromatic N) is 2. The van der Waals surface area contributed by atoms with Crippen LogP contribution in [0, 0.1) is 27.7 Å². The molecule has 2 N–H and O–H groups in total. The third-order valence-electron chi connectivity index (χ3n) is 2.54. The van der Waals surface area contributed by atoms with Crippen LogP contribution in [0.15, 0.2) is 9.05 Å². The second-order valence-electron chi connectivity index (χ2n) is 3.98. The molecule has 96 valence electrons. The Morgan fingerprint density at radius 3 is 1.56 bits per heavy atom. The number of aryl methyl sites for hydroxylation is 4. The van der Waals surface area contributed by atoms with Gasteiger partial charge in [0.2, 0.25) is 0 Å². The second-order valence-corrected chi connectivity index (χ2v) is 3.98. The Kier molecular flexibility index (Phi) is 3.05. The zero-order chi connectivity index (χ0) is 13.3. The molecule has 0 atom stereocenters. The first kappa shape index (κ1) is 12.2. The molecule has 0 saturated heterocycles. The Balaban J connectivity index is 2.10. The van der Waals surface area contributed by atoms with Gasteiger partial charge in [-0.05, 0) is 27.7 Å². The van der Waals surface area contributed by atoms with Crippen LogP contribution in [0.2, 0.25) is 0 Å². The average Bonchev–Trinajstić information content (AvgIpc) is 2.79. The van der Waals surface area contributed by atoms with Gasteiger partial charge < -0.3 is 19.7 Å². The summed E-state index contributed by atoms with van der Waals surface area (Å²) >= 11 is 0. The van der Waals surface area contributed by atoms with Gasteiger partial charge in [-0.3, -0.25) is 0 Å². The number of hydrogen-bond donors (Lipinski definition) is 2. The number of nitrogens with one attached hydrogen (secondary N) is 2. The van der Waals surface area contributed by atoms with Crippen LogP contribution in [0.25, 0.3) is 0 Å². The molecule has 0 aromatic carbocycles. The molecule has 2 rings (SSSR count). The zero-order valence-corrected chi connectivity index (χ0v) is 10.6. The van der Waals surface area contributed by atoms with Crippen LogP contribution in [-0.2, 0) is 0 Å². The standard InChI is InChI=1S/C11H14N4O3/c1-5-9(7(3)17-14-5)12-11(16)13-10-6(2)15-18-8(10)4/h1-4H3,(H2,12,13,16). The smallest absolute Gasteiger partial charge is 0.323 e. The van der Waals surface area contributed by atoms with Crippen LogP contribution in [-0.4, -0.2) is 16.3 Å². The predicted octanol–water partition coefficient (Wildman–Crippen LogP) is 2.54. The maximum absolute atomic E-state index is 11.8. The van der Waals surface area contributed by atoms with Crippen molar-refractivity contribution in [2.45, 2.75) is 27.7 Å². The molecule has 0 spiro atoms. The summed E-state index contributed by atoms with van der Waals surface area (Å²) in [4.78, 5) is 11.8. The topological polar surface area (TPSA) is 93.2 Å². The molecule has 2 amide bonds. The van der Waals surface area contributed by atoms with Gasteiger partial charge in [-0.15, -0.1) is 0 Å². The van der Waals surface area contributed by atoms with Gasteiger partial charge in [0.15, 0.2) is 11.5 Å². The first-order chi connectivity index (χ1) is 8.49. The minimum atomic E-state index is -0.390. The fraction of sp³-hybridized carbons (Fsp3) is 0.364. The number of amides is 2. The lowest BCUT2D eigenvalue weighted by Crippen LogP contribution is -2.20. The molecule has 18 heavy (non-hydrogen) atoms. The first-order valence-electron chi connectivity index (χ1n) is 5.42. The molecule has 0 radical (unpaired) electrons. The minimum absolute atomic E-state index is 0.390. The Hall–Kier alpha value is -2.31. The summed E-state index contributed by atoms with van der Waals surface area (Å²) in [5.41, 5.74) is 2.39. The Labute approximate surface area is 104 Å². The SMILES string of the molecule is Cc1noc(C)c1NC(=O)Nc1c(C)noc1C. The van der Waals surface area contributed by atoms with Gasteiger partial charge in [0.25, 0.3) is 0 Å². The average molecular weight is 250 g/mol. The highest BCUT2D eigenvalue weighted by molar-refractivity contribution is 6.00. The molecule has 2 heterocycles. The van der Waals surface area contributed by atoms with E-state index in [2.05, 4.69) is 20.9 Å². The van der Waals surface area contributed by atoms with E-state index in [1.165, 1.54) is 0 Å². The monoisotopic (exact) mass is 250 g/mol. The highest BCUT2D eigenvalue weighted by Gasteiger charge is 2.15. The minimum Gasteiger partial charge on any atom is -0.359 e. The highest BCUT2D eigenvalue weighted by Crippen LogP contribution is 2.21. The van der Waals surface area contributed by atoms with Crippen molar-refractivity contribution in [2.24, 2.45) is 0 Å². The van der Waals surface area contributed by atoms with Crippen molar-refractivity contribution in [1.82, 2.24) is 10.3 Å². The second kappa shape index (κ2) is 4.52. The number of anilines is 2. The van der Waals surface area contributed by atoms with Crippen LogP contribution >= 0.6 is 0 Å². The molecule has 2 aromatic rings. The number of rotatable bonds is 2. The van der Waals surface area contributed by atoms with Gasteiger partial charge in [-0.2, -0.15) is 0 Å². The van der Waals surface area contributed by atoms with E-state index < -0.39 is 0 Å². The van der Waals surface area contributed by atoms with Gasteiger partial charge in [0, 0.05) is 0 Å². The van der Waals surface area contributed by atoms with Crippen molar-refractivity contribution in [2.75, 3.05) is 10.6 Å². The third-order valence-corrected chi connectivity index (χ3v) is 2.54. The summed E-state index contributed by atoms with van der Waals surface area (Å²) in [6, 6.07) is -0.390. The molecule has 0 bridgehead atoms. The van der Waals surface area contributed by atoms with Gasteiger partial charge in [-0.1, -0.05) is 10.3 Å². The predicted molar refractivity (Wildman–Crippen MR) is 64.6 cm³/mol. The fourth-order valence-electron chi connectivity index (χ4n) is 1.58.